The van der Waals surface area contributed by atoms with Crippen LogP contribution in [0.3, 0.4) is 0 Å². The number of furan rings is 1. The highest BCUT2D eigenvalue weighted by Gasteiger charge is 2.57. The van der Waals surface area contributed by atoms with E-state index in [2.05, 4.69) is 19.9 Å². The monoisotopic (exact) mass is 657 g/mol. The first-order valence-electron chi connectivity index (χ1n) is 17.3. The molecule has 3 aliphatic rings. The van der Waals surface area contributed by atoms with Gasteiger partial charge >= 0.3 is 0 Å². The van der Waals surface area contributed by atoms with Gasteiger partial charge in [-0.2, -0.15) is 0 Å². The number of carbonyl (C=O) groups is 2. The van der Waals surface area contributed by atoms with E-state index in [0.29, 0.717) is 55.7 Å². The van der Waals surface area contributed by atoms with Crippen LogP contribution in [-0.4, -0.2) is 65.8 Å². The molecule has 1 aromatic heterocycles. The van der Waals surface area contributed by atoms with Gasteiger partial charge in [0.25, 0.3) is 0 Å². The van der Waals surface area contributed by atoms with Crippen molar-refractivity contribution in [3.63, 3.8) is 0 Å². The number of hydrogen-bond acceptors (Lipinski definition) is 7. The van der Waals surface area contributed by atoms with Crippen molar-refractivity contribution in [3.05, 3.63) is 94.5 Å². The zero-order valence-corrected chi connectivity index (χ0v) is 29.1. The summed E-state index contributed by atoms with van der Waals surface area (Å²) in [6, 6.07) is 14.8. The molecule has 1 saturated carbocycles. The molecule has 4 unspecified atom stereocenters. The number of carbonyl (C=O) groups excluding carboxylic acids is 2. The van der Waals surface area contributed by atoms with E-state index in [9.17, 15) is 19.8 Å². The van der Waals surface area contributed by atoms with Crippen molar-refractivity contribution in [2.45, 2.75) is 96.2 Å². The molecule has 4 atom stereocenters. The largest absolute Gasteiger partial charge is 0.493 e. The number of amides is 1. The molecule has 2 bridgehead atoms. The number of nitrogens with zero attached hydrogens (tertiary/aromatic N) is 1. The summed E-state index contributed by atoms with van der Waals surface area (Å²) in [6.45, 7) is 7.01. The maximum Gasteiger partial charge on any atom is 0.228 e. The number of ketones is 1. The number of allylic oxidation sites excluding steroid dienone is 2. The van der Waals surface area contributed by atoms with Gasteiger partial charge in [0.05, 0.1) is 38.6 Å². The first-order chi connectivity index (χ1) is 23.0. The van der Waals surface area contributed by atoms with Crippen LogP contribution in [0.1, 0.15) is 104 Å². The fourth-order valence-electron chi connectivity index (χ4n) is 7.89. The quantitative estimate of drug-likeness (QED) is 0.178. The highest BCUT2D eigenvalue weighted by atomic mass is 16.5. The Morgan fingerprint density at radius 3 is 2.54 bits per heavy atom. The predicted molar refractivity (Wildman–Crippen MR) is 186 cm³/mol. The Morgan fingerprint density at radius 2 is 1.83 bits per heavy atom. The molecule has 0 aliphatic heterocycles. The third-order valence-corrected chi connectivity index (χ3v) is 10.8. The Labute approximate surface area is 284 Å². The highest BCUT2D eigenvalue weighted by Crippen LogP contribution is 2.59. The molecule has 8 nitrogen and oxygen atoms in total. The van der Waals surface area contributed by atoms with Crippen LogP contribution in [0.15, 0.2) is 70.9 Å². The molecule has 2 N–H and O–H groups in total. The van der Waals surface area contributed by atoms with Gasteiger partial charge in [0.15, 0.2) is 17.3 Å². The molecule has 0 spiro atoms. The molecule has 6 rings (SSSR count). The average Bonchev–Trinajstić information content (AvgIpc) is 3.70. The summed E-state index contributed by atoms with van der Waals surface area (Å²) >= 11 is 0. The van der Waals surface area contributed by atoms with Gasteiger partial charge in [0, 0.05) is 24.1 Å². The number of methoxy groups -OCH3 is 2. The Morgan fingerprint density at radius 1 is 1.04 bits per heavy atom. The van der Waals surface area contributed by atoms with Gasteiger partial charge in [0.2, 0.25) is 11.7 Å². The molecule has 2 aromatic carbocycles. The van der Waals surface area contributed by atoms with Crippen LogP contribution in [0.2, 0.25) is 0 Å². The second kappa shape index (κ2) is 15.1. The van der Waals surface area contributed by atoms with Gasteiger partial charge < -0.3 is 29.0 Å². The lowest BCUT2D eigenvalue weighted by molar-refractivity contribution is -0.139. The molecule has 258 valence electrons. The molecule has 48 heavy (non-hydrogen) atoms. The molecule has 0 saturated heterocycles. The van der Waals surface area contributed by atoms with Crippen LogP contribution in [-0.2, 0) is 17.6 Å². The first kappa shape index (κ1) is 35.4. The smallest absolute Gasteiger partial charge is 0.228 e. The van der Waals surface area contributed by atoms with Crippen molar-refractivity contribution in [3.8, 4) is 11.5 Å². The normalized spacial score (nSPS) is 24.4. The highest BCUT2D eigenvalue weighted by molar-refractivity contribution is 6.08. The standard InChI is InChI=1S/C40H51NO7/c1-6-20-41(37(43)25-29-13-16-34(46-4)36(24-29)47-5)26-40(45)19-17-33-31-15-12-28(23-32(31)38(44)35-10-8-21-48-35)22-30(42)14-11-27(2)9-7-18-39(33,40)3/h8-10,12-13,15-16,21,23-24,30,33,42,45H,6-7,11,14,17-20,22,25-26H2,1-5H3. The molecule has 3 aromatic rings. The van der Waals surface area contributed by atoms with Crippen LogP contribution < -0.4 is 9.47 Å². The van der Waals surface area contributed by atoms with Gasteiger partial charge in [-0.1, -0.05) is 43.7 Å². The molecule has 1 amide bonds. The maximum atomic E-state index is 13.9. The Hall–Kier alpha value is -3.88. The van der Waals surface area contributed by atoms with Gasteiger partial charge in [0.1, 0.15) is 0 Å². The van der Waals surface area contributed by atoms with Crippen molar-refractivity contribution in [1.82, 2.24) is 4.90 Å². The number of rotatable bonds is 10. The second-order valence-electron chi connectivity index (χ2n) is 13.9. The van der Waals surface area contributed by atoms with Crippen molar-refractivity contribution in [1.29, 1.82) is 0 Å². The summed E-state index contributed by atoms with van der Waals surface area (Å²) in [5.74, 6) is 1.03. The molecular formula is C40H51NO7. The van der Waals surface area contributed by atoms with E-state index in [-0.39, 0.29) is 36.3 Å². The van der Waals surface area contributed by atoms with Crippen LogP contribution in [0.4, 0.5) is 0 Å². The Balaban J connectivity index is 1.52. The number of aliphatic hydroxyl groups excluding tert-OH is 1. The van der Waals surface area contributed by atoms with Crippen LogP contribution >= 0.6 is 0 Å². The fourth-order valence-corrected chi connectivity index (χ4v) is 7.89. The average molecular weight is 658 g/mol. The minimum atomic E-state index is -1.20. The third-order valence-electron chi connectivity index (χ3n) is 10.8. The summed E-state index contributed by atoms with van der Waals surface area (Å²) in [5.41, 5.74) is 2.50. The first-order valence-corrected chi connectivity index (χ1v) is 17.3. The molecule has 3 aliphatic carbocycles. The van der Waals surface area contributed by atoms with Crippen LogP contribution in [0.25, 0.3) is 0 Å². The van der Waals surface area contributed by atoms with E-state index >= 15 is 0 Å². The van der Waals surface area contributed by atoms with E-state index < -0.39 is 17.1 Å². The zero-order chi connectivity index (χ0) is 34.5. The summed E-state index contributed by atoms with van der Waals surface area (Å²) in [4.78, 5) is 29.7. The summed E-state index contributed by atoms with van der Waals surface area (Å²) in [7, 11) is 3.16. The Kier molecular flexibility index (Phi) is 11.2. The zero-order valence-electron chi connectivity index (χ0n) is 29.1. The predicted octanol–water partition coefficient (Wildman–Crippen LogP) is 7.05. The van der Waals surface area contributed by atoms with E-state index in [1.54, 1.807) is 32.4 Å². The van der Waals surface area contributed by atoms with Crippen LogP contribution in [0.5, 0.6) is 11.5 Å². The number of benzene rings is 2. The van der Waals surface area contributed by atoms with E-state index in [1.807, 2.05) is 42.2 Å². The molecule has 0 radical (unpaired) electrons. The van der Waals surface area contributed by atoms with E-state index in [0.717, 1.165) is 36.0 Å². The van der Waals surface area contributed by atoms with Crippen molar-refractivity contribution < 1.29 is 33.7 Å². The van der Waals surface area contributed by atoms with Gasteiger partial charge in [-0.15, -0.1) is 0 Å². The fraction of sp³-hybridized carbons (Fsp3) is 0.500. The van der Waals surface area contributed by atoms with Crippen molar-refractivity contribution in [2.24, 2.45) is 5.41 Å². The molecule has 1 fully saturated rings. The molecular weight excluding hydrogens is 606 g/mol. The maximum absolute atomic E-state index is 13.9. The summed E-state index contributed by atoms with van der Waals surface area (Å²) in [6.07, 6.45) is 8.57. The number of aliphatic hydroxyl groups is 2. The topological polar surface area (TPSA) is 109 Å². The summed E-state index contributed by atoms with van der Waals surface area (Å²) < 4.78 is 16.4. The van der Waals surface area contributed by atoms with Gasteiger partial charge in [-0.25, -0.2) is 0 Å². The van der Waals surface area contributed by atoms with Crippen molar-refractivity contribution in [2.75, 3.05) is 27.3 Å². The summed E-state index contributed by atoms with van der Waals surface area (Å²) in [5, 5.41) is 23.6. The Bertz CT molecular complexity index is 1610. The van der Waals surface area contributed by atoms with Gasteiger partial charge in [-0.3, -0.25) is 9.59 Å². The van der Waals surface area contributed by atoms with Crippen molar-refractivity contribution >= 4 is 11.7 Å². The second-order valence-corrected chi connectivity index (χ2v) is 13.9. The third kappa shape index (κ3) is 7.40. The van der Waals surface area contributed by atoms with Crippen LogP contribution in [0, 0.1) is 5.41 Å². The number of fused-ring (bicyclic) bond motifs is 8. The number of ether oxygens (including phenoxy) is 2. The van der Waals surface area contributed by atoms with E-state index in [4.69, 9.17) is 13.9 Å². The SMILES string of the molecule is CCCN(CC1(O)CCC2c3ccc(cc3C(=O)c3ccco3)CC(O)CCC(C)=CCCC21C)C(=O)Cc1ccc(OC)c(OC)c1. The van der Waals surface area contributed by atoms with Gasteiger partial charge in [-0.05, 0) is 111 Å². The molecule has 8 heteroatoms. The lowest BCUT2D eigenvalue weighted by Crippen LogP contribution is -2.54. The minimum absolute atomic E-state index is 0.0576. The number of hydrogen-bond donors (Lipinski definition) is 2. The molecule has 1 heterocycles. The lowest BCUT2D eigenvalue weighted by Gasteiger charge is -2.46. The lowest BCUT2D eigenvalue weighted by atomic mass is 9.64. The van der Waals surface area contributed by atoms with E-state index in [1.165, 1.54) is 11.8 Å². The minimum Gasteiger partial charge on any atom is -0.493 e.